The molecular formula is C20H16Cl2FN3O2. The van der Waals surface area contributed by atoms with Crippen LogP contribution in [0.3, 0.4) is 0 Å². The smallest absolute Gasteiger partial charge is 0.358 e. The largest absolute Gasteiger partial charge is 0.464 e. The van der Waals surface area contributed by atoms with E-state index in [1.807, 2.05) is 37.3 Å². The molecule has 3 aromatic rings. The molecule has 3 rings (SSSR count). The van der Waals surface area contributed by atoms with Crippen molar-refractivity contribution in [3.63, 3.8) is 0 Å². The number of hydrogen-bond acceptors (Lipinski definition) is 5. The molecule has 0 amide bonds. The van der Waals surface area contributed by atoms with E-state index >= 15 is 0 Å². The van der Waals surface area contributed by atoms with E-state index in [9.17, 15) is 9.18 Å². The van der Waals surface area contributed by atoms with Gasteiger partial charge in [0.1, 0.15) is 16.7 Å². The predicted octanol–water partition coefficient (Wildman–Crippen LogP) is 5.55. The highest BCUT2D eigenvalue weighted by Crippen LogP contribution is 2.31. The zero-order valence-electron chi connectivity index (χ0n) is 15.0. The van der Waals surface area contributed by atoms with E-state index < -0.39 is 11.8 Å². The summed E-state index contributed by atoms with van der Waals surface area (Å²) in [7, 11) is 1.21. The van der Waals surface area contributed by atoms with Crippen molar-refractivity contribution in [1.82, 2.24) is 9.97 Å². The molecule has 28 heavy (non-hydrogen) atoms. The van der Waals surface area contributed by atoms with Crippen LogP contribution in [-0.4, -0.2) is 23.0 Å². The van der Waals surface area contributed by atoms with Crippen molar-refractivity contribution in [3.8, 4) is 11.4 Å². The number of hydrogen-bond donors (Lipinski definition) is 1. The lowest BCUT2D eigenvalue weighted by molar-refractivity contribution is 0.0594. The Morgan fingerprint density at radius 2 is 1.86 bits per heavy atom. The summed E-state index contributed by atoms with van der Waals surface area (Å²) in [6.07, 6.45) is 0. The van der Waals surface area contributed by atoms with E-state index in [0.717, 1.165) is 11.6 Å². The van der Waals surface area contributed by atoms with Crippen LogP contribution in [0.4, 0.5) is 10.2 Å². The van der Waals surface area contributed by atoms with Crippen molar-refractivity contribution in [3.05, 3.63) is 75.7 Å². The standard InChI is InChI=1S/C20H16Cl2FN3O2/c1-11(12-6-4-3-5-7-12)24-19-16(22)17(20(27)28-2)25-18(26-19)14-9-8-13(21)10-15(14)23/h3-11H,1-2H3,(H,24,25,26). The molecule has 1 atom stereocenters. The predicted molar refractivity (Wildman–Crippen MR) is 107 cm³/mol. The lowest BCUT2D eigenvalue weighted by Crippen LogP contribution is -2.14. The summed E-state index contributed by atoms with van der Waals surface area (Å²) in [5, 5.41) is 3.38. The minimum atomic E-state index is -0.751. The van der Waals surface area contributed by atoms with Gasteiger partial charge in [-0.05, 0) is 30.7 Å². The maximum atomic E-state index is 14.4. The molecule has 2 aromatic carbocycles. The highest BCUT2D eigenvalue weighted by molar-refractivity contribution is 6.35. The average Bonchev–Trinajstić information content (AvgIpc) is 2.69. The molecule has 0 aliphatic rings. The van der Waals surface area contributed by atoms with Gasteiger partial charge >= 0.3 is 5.97 Å². The normalized spacial score (nSPS) is 11.8. The van der Waals surface area contributed by atoms with Gasteiger partial charge in [-0.25, -0.2) is 19.2 Å². The molecule has 0 saturated heterocycles. The zero-order valence-corrected chi connectivity index (χ0v) is 16.6. The summed E-state index contributed by atoms with van der Waals surface area (Å²) < 4.78 is 19.1. The van der Waals surface area contributed by atoms with Gasteiger partial charge < -0.3 is 10.1 Å². The number of aromatic nitrogens is 2. The molecule has 0 fully saturated rings. The first kappa shape index (κ1) is 20.0. The molecular weight excluding hydrogens is 404 g/mol. The van der Waals surface area contributed by atoms with Crippen LogP contribution in [0.1, 0.15) is 29.0 Å². The fourth-order valence-corrected chi connectivity index (χ4v) is 2.97. The minimum Gasteiger partial charge on any atom is -0.464 e. The third kappa shape index (κ3) is 4.24. The second kappa shape index (κ2) is 8.54. The van der Waals surface area contributed by atoms with Crippen LogP contribution < -0.4 is 5.32 Å². The van der Waals surface area contributed by atoms with E-state index in [-0.39, 0.29) is 39.0 Å². The van der Waals surface area contributed by atoms with Gasteiger partial charge in [0.15, 0.2) is 11.5 Å². The van der Waals surface area contributed by atoms with E-state index in [1.165, 1.54) is 19.2 Å². The van der Waals surface area contributed by atoms with Gasteiger partial charge in [0, 0.05) is 11.1 Å². The number of methoxy groups -OCH3 is 1. The fourth-order valence-electron chi connectivity index (χ4n) is 2.60. The second-order valence-corrected chi connectivity index (χ2v) is 6.77. The lowest BCUT2D eigenvalue weighted by Gasteiger charge is -2.17. The third-order valence-electron chi connectivity index (χ3n) is 4.05. The lowest BCUT2D eigenvalue weighted by atomic mass is 10.1. The summed E-state index contributed by atoms with van der Waals surface area (Å²) in [5.41, 5.74) is 0.906. The Morgan fingerprint density at radius 3 is 2.50 bits per heavy atom. The van der Waals surface area contributed by atoms with E-state index in [2.05, 4.69) is 15.3 Å². The highest BCUT2D eigenvalue weighted by atomic mass is 35.5. The summed E-state index contributed by atoms with van der Waals surface area (Å²) in [6, 6.07) is 13.5. The second-order valence-electron chi connectivity index (χ2n) is 5.95. The summed E-state index contributed by atoms with van der Waals surface area (Å²) in [6.45, 7) is 1.91. The van der Waals surface area contributed by atoms with Gasteiger partial charge in [-0.1, -0.05) is 53.5 Å². The van der Waals surface area contributed by atoms with Crippen molar-refractivity contribution in [2.24, 2.45) is 0 Å². The molecule has 5 nitrogen and oxygen atoms in total. The molecule has 0 radical (unpaired) electrons. The molecule has 0 saturated carbocycles. The zero-order chi connectivity index (χ0) is 20.3. The number of carbonyl (C=O) groups excluding carboxylic acids is 1. The van der Waals surface area contributed by atoms with Crippen LogP contribution in [0.5, 0.6) is 0 Å². The Balaban J connectivity index is 2.09. The van der Waals surface area contributed by atoms with Crippen molar-refractivity contribution in [2.45, 2.75) is 13.0 Å². The van der Waals surface area contributed by atoms with Crippen LogP contribution in [0.2, 0.25) is 10.0 Å². The molecule has 0 spiro atoms. The number of nitrogens with zero attached hydrogens (tertiary/aromatic N) is 2. The minimum absolute atomic E-state index is 0.00671. The molecule has 1 aromatic heterocycles. The van der Waals surface area contributed by atoms with Gasteiger partial charge in [-0.2, -0.15) is 0 Å². The Hall–Kier alpha value is -2.70. The van der Waals surface area contributed by atoms with Gasteiger partial charge in [0.25, 0.3) is 0 Å². The average molecular weight is 420 g/mol. The molecule has 0 aliphatic carbocycles. The number of nitrogens with one attached hydrogen (secondary N) is 1. The van der Waals surface area contributed by atoms with Crippen LogP contribution in [0.25, 0.3) is 11.4 Å². The number of carbonyl (C=O) groups is 1. The molecule has 1 unspecified atom stereocenters. The maximum Gasteiger partial charge on any atom is 0.358 e. The van der Waals surface area contributed by atoms with Gasteiger partial charge in [0.2, 0.25) is 0 Å². The number of rotatable bonds is 5. The van der Waals surface area contributed by atoms with E-state index in [4.69, 9.17) is 27.9 Å². The highest BCUT2D eigenvalue weighted by Gasteiger charge is 2.22. The van der Waals surface area contributed by atoms with Crippen molar-refractivity contribution < 1.29 is 13.9 Å². The summed E-state index contributed by atoms with van der Waals surface area (Å²) in [4.78, 5) is 20.6. The molecule has 144 valence electrons. The number of anilines is 1. The first-order chi connectivity index (χ1) is 13.4. The molecule has 1 N–H and O–H groups in total. The molecule has 8 heteroatoms. The Kier molecular flexibility index (Phi) is 6.11. The SMILES string of the molecule is COC(=O)c1nc(-c2ccc(Cl)cc2F)nc(NC(C)c2ccccc2)c1Cl. The van der Waals surface area contributed by atoms with Crippen LogP contribution in [-0.2, 0) is 4.74 Å². The first-order valence-corrected chi connectivity index (χ1v) is 9.09. The van der Waals surface area contributed by atoms with Gasteiger partial charge in [-0.15, -0.1) is 0 Å². The third-order valence-corrected chi connectivity index (χ3v) is 4.65. The van der Waals surface area contributed by atoms with Gasteiger partial charge in [0.05, 0.1) is 12.7 Å². The Bertz CT molecular complexity index is 1020. The van der Waals surface area contributed by atoms with Crippen molar-refractivity contribution >= 4 is 35.0 Å². The van der Waals surface area contributed by atoms with Gasteiger partial charge in [-0.3, -0.25) is 0 Å². The van der Waals surface area contributed by atoms with Crippen LogP contribution in [0, 0.1) is 5.82 Å². The van der Waals surface area contributed by atoms with Crippen molar-refractivity contribution in [1.29, 1.82) is 0 Å². The monoisotopic (exact) mass is 419 g/mol. The Morgan fingerprint density at radius 1 is 1.14 bits per heavy atom. The summed E-state index contributed by atoms with van der Waals surface area (Å²) in [5.74, 6) is -1.19. The number of ether oxygens (including phenoxy) is 1. The number of benzene rings is 2. The van der Waals surface area contributed by atoms with Crippen LogP contribution >= 0.6 is 23.2 Å². The maximum absolute atomic E-state index is 14.4. The summed E-state index contributed by atoms with van der Waals surface area (Å²) >= 11 is 12.1. The topological polar surface area (TPSA) is 64.1 Å². The Labute approximate surface area is 171 Å². The molecule has 0 aliphatic heterocycles. The molecule has 1 heterocycles. The van der Waals surface area contributed by atoms with Crippen LogP contribution in [0.15, 0.2) is 48.5 Å². The quantitative estimate of drug-likeness (QED) is 0.549. The number of esters is 1. The number of halogens is 3. The van der Waals surface area contributed by atoms with E-state index in [1.54, 1.807) is 0 Å². The fraction of sp³-hybridized carbons (Fsp3) is 0.150. The molecule has 0 bridgehead atoms. The van der Waals surface area contributed by atoms with E-state index in [0.29, 0.717) is 0 Å². The van der Waals surface area contributed by atoms with Crippen molar-refractivity contribution in [2.75, 3.05) is 12.4 Å². The first-order valence-electron chi connectivity index (χ1n) is 8.33.